The van der Waals surface area contributed by atoms with Crippen LogP contribution in [0.4, 0.5) is 5.69 Å². The highest BCUT2D eigenvalue weighted by Gasteiger charge is 2.17. The summed E-state index contributed by atoms with van der Waals surface area (Å²) in [7, 11) is 0. The van der Waals surface area contributed by atoms with Crippen LogP contribution in [-0.4, -0.2) is 12.5 Å². The number of benzene rings is 3. The molecule has 1 aliphatic carbocycles. The summed E-state index contributed by atoms with van der Waals surface area (Å²) < 4.78 is 0. The maximum Gasteiger partial charge on any atom is 0.239 e. The minimum atomic E-state index is -0.00274. The van der Waals surface area contributed by atoms with Crippen molar-refractivity contribution < 1.29 is 4.79 Å². The van der Waals surface area contributed by atoms with Gasteiger partial charge in [-0.3, -0.25) is 4.79 Å². The van der Waals surface area contributed by atoms with Crippen LogP contribution in [0.3, 0.4) is 0 Å². The maximum atomic E-state index is 12.1. The lowest BCUT2D eigenvalue weighted by atomic mass is 10.1. The second-order valence-electron chi connectivity index (χ2n) is 6.76. The van der Waals surface area contributed by atoms with Crippen molar-refractivity contribution >= 4 is 11.6 Å². The first-order valence-electron chi connectivity index (χ1n) is 8.97. The molecule has 0 aliphatic heterocycles. The number of nitrogens with one attached hydrogen (secondary N) is 2. The van der Waals surface area contributed by atoms with E-state index in [1.807, 2.05) is 18.2 Å². The zero-order chi connectivity index (χ0) is 17.9. The molecule has 0 saturated heterocycles. The molecule has 0 radical (unpaired) electrons. The second-order valence-corrected chi connectivity index (χ2v) is 6.76. The maximum absolute atomic E-state index is 12.1. The predicted molar refractivity (Wildman–Crippen MR) is 106 cm³/mol. The number of hydrogen-bond donors (Lipinski definition) is 2. The largest absolute Gasteiger partial charge is 0.376 e. The van der Waals surface area contributed by atoms with E-state index in [-0.39, 0.29) is 12.5 Å². The van der Waals surface area contributed by atoms with Gasteiger partial charge in [0.05, 0.1) is 6.54 Å². The molecule has 0 fully saturated rings. The number of hydrogen-bond acceptors (Lipinski definition) is 2. The van der Waals surface area contributed by atoms with E-state index >= 15 is 0 Å². The summed E-state index contributed by atoms with van der Waals surface area (Å²) in [5, 5.41) is 6.21. The number of amides is 1. The van der Waals surface area contributed by atoms with Crippen molar-refractivity contribution in [3.63, 3.8) is 0 Å². The molecule has 0 spiro atoms. The van der Waals surface area contributed by atoms with Gasteiger partial charge in [-0.05, 0) is 58.9 Å². The van der Waals surface area contributed by atoms with Crippen molar-refractivity contribution in [2.24, 2.45) is 0 Å². The molecule has 3 nitrogen and oxygen atoms in total. The fraction of sp³-hybridized carbons (Fsp3) is 0.174. The Kier molecular flexibility index (Phi) is 4.44. The normalized spacial score (nSPS) is 11.6. The lowest BCUT2D eigenvalue weighted by Gasteiger charge is -2.10. The van der Waals surface area contributed by atoms with Gasteiger partial charge in [0.25, 0.3) is 0 Å². The van der Waals surface area contributed by atoms with Crippen molar-refractivity contribution in [3.8, 4) is 11.1 Å². The van der Waals surface area contributed by atoms with E-state index in [1.54, 1.807) is 0 Å². The van der Waals surface area contributed by atoms with E-state index < -0.39 is 0 Å². The minimum Gasteiger partial charge on any atom is -0.376 e. The summed E-state index contributed by atoms with van der Waals surface area (Å²) in [4.78, 5) is 12.1. The van der Waals surface area contributed by atoms with Gasteiger partial charge in [0.2, 0.25) is 5.91 Å². The van der Waals surface area contributed by atoms with Crippen LogP contribution >= 0.6 is 0 Å². The fourth-order valence-electron chi connectivity index (χ4n) is 3.50. The van der Waals surface area contributed by atoms with Gasteiger partial charge < -0.3 is 10.6 Å². The van der Waals surface area contributed by atoms with Crippen LogP contribution in [0.5, 0.6) is 0 Å². The molecule has 2 N–H and O–H groups in total. The summed E-state index contributed by atoms with van der Waals surface area (Å²) in [5.74, 6) is -0.00274. The number of carbonyl (C=O) groups excluding carboxylic acids is 1. The van der Waals surface area contributed by atoms with Crippen molar-refractivity contribution in [1.29, 1.82) is 0 Å². The molecule has 1 amide bonds. The van der Waals surface area contributed by atoms with Gasteiger partial charge in [0.1, 0.15) is 0 Å². The molecule has 3 aromatic rings. The van der Waals surface area contributed by atoms with Gasteiger partial charge in [-0.15, -0.1) is 0 Å². The first-order valence-corrected chi connectivity index (χ1v) is 8.97. The van der Waals surface area contributed by atoms with E-state index in [0.29, 0.717) is 6.54 Å². The number of carbonyl (C=O) groups is 1. The Bertz CT molecular complexity index is 962. The Morgan fingerprint density at radius 2 is 1.69 bits per heavy atom. The van der Waals surface area contributed by atoms with Gasteiger partial charge in [-0.25, -0.2) is 0 Å². The smallest absolute Gasteiger partial charge is 0.239 e. The molecule has 3 heteroatoms. The standard InChI is InChI=1S/C23H22N2O/c1-16-6-2-3-8-18(16)14-25-23(26)15-24-20-10-11-22-19(13-20)12-17-7-4-5-9-21(17)22/h2-11,13,24H,12,14-15H2,1H3,(H,25,26). The molecule has 0 saturated carbocycles. The molecule has 26 heavy (non-hydrogen) atoms. The van der Waals surface area contributed by atoms with Crippen molar-refractivity contribution in [2.45, 2.75) is 19.9 Å². The van der Waals surface area contributed by atoms with Gasteiger partial charge in [-0.1, -0.05) is 54.6 Å². The molecular formula is C23H22N2O. The van der Waals surface area contributed by atoms with Gasteiger partial charge in [0.15, 0.2) is 0 Å². The number of aryl methyl sites for hydroxylation is 1. The fourth-order valence-corrected chi connectivity index (χ4v) is 3.50. The first-order chi connectivity index (χ1) is 12.7. The van der Waals surface area contributed by atoms with Crippen LogP contribution in [0, 0.1) is 6.92 Å². The van der Waals surface area contributed by atoms with Gasteiger partial charge in [0, 0.05) is 12.2 Å². The van der Waals surface area contributed by atoms with Crippen LogP contribution < -0.4 is 10.6 Å². The van der Waals surface area contributed by atoms with Crippen molar-refractivity contribution in [1.82, 2.24) is 5.32 Å². The highest BCUT2D eigenvalue weighted by molar-refractivity contribution is 5.82. The molecule has 3 aromatic carbocycles. The van der Waals surface area contributed by atoms with Crippen LogP contribution in [0.2, 0.25) is 0 Å². The molecule has 0 unspecified atom stereocenters. The molecule has 0 atom stereocenters. The zero-order valence-corrected chi connectivity index (χ0v) is 14.9. The summed E-state index contributed by atoms with van der Waals surface area (Å²) in [6.45, 7) is 2.90. The summed E-state index contributed by atoms with van der Waals surface area (Å²) in [5.41, 5.74) is 8.64. The Labute approximate surface area is 154 Å². The van der Waals surface area contributed by atoms with Crippen molar-refractivity contribution in [3.05, 3.63) is 89.0 Å². The van der Waals surface area contributed by atoms with Crippen molar-refractivity contribution in [2.75, 3.05) is 11.9 Å². The second kappa shape index (κ2) is 7.04. The predicted octanol–water partition coefficient (Wildman–Crippen LogP) is 4.29. The van der Waals surface area contributed by atoms with E-state index in [0.717, 1.165) is 17.7 Å². The molecule has 0 aromatic heterocycles. The Morgan fingerprint density at radius 1 is 0.923 bits per heavy atom. The number of rotatable bonds is 5. The molecule has 1 aliphatic rings. The Hall–Kier alpha value is -3.07. The number of fused-ring (bicyclic) bond motifs is 3. The van der Waals surface area contributed by atoms with Crippen LogP contribution in [0.25, 0.3) is 11.1 Å². The van der Waals surface area contributed by atoms with E-state index in [1.165, 1.54) is 27.8 Å². The van der Waals surface area contributed by atoms with Crippen LogP contribution in [-0.2, 0) is 17.8 Å². The summed E-state index contributed by atoms with van der Waals surface area (Å²) in [6.07, 6.45) is 0.959. The first kappa shape index (κ1) is 16.4. The third kappa shape index (κ3) is 3.33. The van der Waals surface area contributed by atoms with Crippen LogP contribution in [0.15, 0.2) is 66.7 Å². The molecule has 0 bridgehead atoms. The Balaban J connectivity index is 1.35. The summed E-state index contributed by atoms with van der Waals surface area (Å²) >= 11 is 0. The highest BCUT2D eigenvalue weighted by atomic mass is 16.1. The zero-order valence-electron chi connectivity index (χ0n) is 14.9. The summed E-state index contributed by atoms with van der Waals surface area (Å²) in [6, 6.07) is 23.0. The third-order valence-electron chi connectivity index (χ3n) is 4.98. The molecule has 0 heterocycles. The quantitative estimate of drug-likeness (QED) is 0.568. The average Bonchev–Trinajstić information content (AvgIpc) is 3.03. The van der Waals surface area contributed by atoms with E-state index in [2.05, 4.69) is 66.1 Å². The topological polar surface area (TPSA) is 41.1 Å². The lowest BCUT2D eigenvalue weighted by molar-refractivity contribution is -0.119. The Morgan fingerprint density at radius 3 is 2.58 bits per heavy atom. The lowest BCUT2D eigenvalue weighted by Crippen LogP contribution is -2.29. The number of anilines is 1. The SMILES string of the molecule is Cc1ccccc1CNC(=O)CNc1ccc2c(c1)Cc1ccccc1-2. The average molecular weight is 342 g/mol. The van der Waals surface area contributed by atoms with E-state index in [9.17, 15) is 4.79 Å². The molecular weight excluding hydrogens is 320 g/mol. The monoisotopic (exact) mass is 342 g/mol. The minimum absolute atomic E-state index is 0.00274. The third-order valence-corrected chi connectivity index (χ3v) is 4.98. The van der Waals surface area contributed by atoms with Gasteiger partial charge in [-0.2, -0.15) is 0 Å². The van der Waals surface area contributed by atoms with E-state index in [4.69, 9.17) is 0 Å². The van der Waals surface area contributed by atoms with Crippen LogP contribution in [0.1, 0.15) is 22.3 Å². The highest BCUT2D eigenvalue weighted by Crippen LogP contribution is 2.37. The van der Waals surface area contributed by atoms with Gasteiger partial charge >= 0.3 is 0 Å². The molecule has 4 rings (SSSR count). The molecule has 130 valence electrons.